The highest BCUT2D eigenvalue weighted by molar-refractivity contribution is 7.16. The number of carbonyl (C=O) groups is 1. The number of aromatic nitrogens is 1. The molecule has 1 aromatic heterocycles. The predicted octanol–water partition coefficient (Wildman–Crippen LogP) is 3.22. The Kier molecular flexibility index (Phi) is 5.09. The van der Waals surface area contributed by atoms with Gasteiger partial charge in [0.25, 0.3) is 0 Å². The van der Waals surface area contributed by atoms with Gasteiger partial charge in [0.15, 0.2) is 5.13 Å². The Bertz CT molecular complexity index is 619. The third kappa shape index (κ3) is 3.89. The van der Waals surface area contributed by atoms with Crippen molar-refractivity contribution < 1.29 is 4.79 Å². The summed E-state index contributed by atoms with van der Waals surface area (Å²) in [5.41, 5.74) is 3.25. The van der Waals surface area contributed by atoms with E-state index in [9.17, 15) is 4.79 Å². The van der Waals surface area contributed by atoms with Crippen molar-refractivity contribution in [3.05, 3.63) is 34.7 Å². The molecule has 2 aromatic rings. The molecule has 0 aliphatic heterocycles. The van der Waals surface area contributed by atoms with Gasteiger partial charge in [-0.3, -0.25) is 4.79 Å². The monoisotopic (exact) mass is 303 g/mol. The zero-order valence-corrected chi connectivity index (χ0v) is 13.7. The zero-order valence-electron chi connectivity index (χ0n) is 12.9. The number of hydrogen-bond acceptors (Lipinski definition) is 4. The van der Waals surface area contributed by atoms with Gasteiger partial charge < -0.3 is 10.6 Å². The number of carbonyl (C=O) groups excluding carboxylic acids is 1. The molecule has 21 heavy (non-hydrogen) atoms. The third-order valence-corrected chi connectivity index (χ3v) is 4.20. The molecule has 2 rings (SSSR count). The Morgan fingerprint density at radius 1 is 1.29 bits per heavy atom. The lowest BCUT2D eigenvalue weighted by Gasteiger charge is -2.09. The average Bonchev–Trinajstić information content (AvgIpc) is 2.80. The summed E-state index contributed by atoms with van der Waals surface area (Å²) < 4.78 is 0. The molecule has 112 valence electrons. The van der Waals surface area contributed by atoms with Gasteiger partial charge in [-0.2, -0.15) is 0 Å². The van der Waals surface area contributed by atoms with Crippen molar-refractivity contribution >= 4 is 22.4 Å². The van der Waals surface area contributed by atoms with E-state index in [0.717, 1.165) is 16.1 Å². The Morgan fingerprint density at radius 3 is 2.57 bits per heavy atom. The highest BCUT2D eigenvalue weighted by atomic mass is 32.1. The number of thiazole rings is 1. The minimum atomic E-state index is -0.0815. The molecular weight excluding hydrogens is 282 g/mol. The molecule has 0 saturated carbocycles. The molecule has 0 saturated heterocycles. The van der Waals surface area contributed by atoms with Crippen LogP contribution in [-0.2, 0) is 4.79 Å². The van der Waals surface area contributed by atoms with Gasteiger partial charge in [-0.15, -0.1) is 11.3 Å². The van der Waals surface area contributed by atoms with E-state index in [-0.39, 0.29) is 11.8 Å². The highest BCUT2D eigenvalue weighted by Gasteiger charge is 2.15. The van der Waals surface area contributed by atoms with Crippen molar-refractivity contribution in [1.82, 2.24) is 10.3 Å². The SMILES string of the molecule is CNCC(C)C(=O)Nc1nc(-c2ccc(C)cc2)c(C)s1. The second-order valence-electron chi connectivity index (χ2n) is 5.24. The first-order valence-electron chi connectivity index (χ1n) is 7.01. The summed E-state index contributed by atoms with van der Waals surface area (Å²) in [5, 5.41) is 6.56. The van der Waals surface area contributed by atoms with E-state index >= 15 is 0 Å². The number of anilines is 1. The Balaban J connectivity index is 2.16. The third-order valence-electron chi connectivity index (χ3n) is 3.31. The van der Waals surface area contributed by atoms with Crippen molar-refractivity contribution in [1.29, 1.82) is 0 Å². The molecule has 2 N–H and O–H groups in total. The fourth-order valence-corrected chi connectivity index (χ4v) is 2.90. The normalized spacial score (nSPS) is 12.2. The van der Waals surface area contributed by atoms with Crippen LogP contribution in [0.15, 0.2) is 24.3 Å². The van der Waals surface area contributed by atoms with Crippen LogP contribution < -0.4 is 10.6 Å². The lowest BCUT2D eigenvalue weighted by molar-refractivity contribution is -0.119. The quantitative estimate of drug-likeness (QED) is 0.891. The summed E-state index contributed by atoms with van der Waals surface area (Å²) in [7, 11) is 1.84. The molecular formula is C16H21N3OS. The Labute approximate surface area is 129 Å². The largest absolute Gasteiger partial charge is 0.319 e. The summed E-state index contributed by atoms with van der Waals surface area (Å²) in [6.45, 7) is 6.64. The second kappa shape index (κ2) is 6.83. The molecule has 1 atom stereocenters. The van der Waals surface area contributed by atoms with E-state index in [1.807, 2.05) is 20.9 Å². The minimum Gasteiger partial charge on any atom is -0.319 e. The Morgan fingerprint density at radius 2 is 1.95 bits per heavy atom. The number of amides is 1. The van der Waals surface area contributed by atoms with Gasteiger partial charge in [-0.25, -0.2) is 4.98 Å². The number of hydrogen-bond donors (Lipinski definition) is 2. The standard InChI is InChI=1S/C16H21N3OS/c1-10-5-7-13(8-6-10)14-12(3)21-16(18-14)19-15(20)11(2)9-17-4/h5-8,11,17H,9H2,1-4H3,(H,18,19,20). The van der Waals surface area contributed by atoms with Crippen molar-refractivity contribution in [3.8, 4) is 11.3 Å². The maximum absolute atomic E-state index is 12.0. The molecule has 0 spiro atoms. The van der Waals surface area contributed by atoms with E-state index in [1.54, 1.807) is 0 Å². The van der Waals surface area contributed by atoms with Gasteiger partial charge in [0.1, 0.15) is 0 Å². The molecule has 0 aliphatic rings. The lowest BCUT2D eigenvalue weighted by atomic mass is 10.1. The van der Waals surface area contributed by atoms with Crippen molar-refractivity contribution in [3.63, 3.8) is 0 Å². The van der Waals surface area contributed by atoms with Crippen LogP contribution in [0.3, 0.4) is 0 Å². The predicted molar refractivity (Wildman–Crippen MR) is 88.7 cm³/mol. The average molecular weight is 303 g/mol. The summed E-state index contributed by atoms with van der Waals surface area (Å²) in [6, 6.07) is 8.27. The topological polar surface area (TPSA) is 54.0 Å². The van der Waals surface area contributed by atoms with Crippen LogP contribution in [0.2, 0.25) is 0 Å². The van der Waals surface area contributed by atoms with E-state index in [2.05, 4.69) is 46.8 Å². The first kappa shape index (κ1) is 15.7. The van der Waals surface area contributed by atoms with Crippen LogP contribution in [0.25, 0.3) is 11.3 Å². The molecule has 0 radical (unpaired) electrons. The van der Waals surface area contributed by atoms with Crippen LogP contribution >= 0.6 is 11.3 Å². The summed E-state index contributed by atoms with van der Waals surface area (Å²) in [6.07, 6.45) is 0. The van der Waals surface area contributed by atoms with E-state index in [1.165, 1.54) is 16.9 Å². The van der Waals surface area contributed by atoms with Gasteiger partial charge in [0, 0.05) is 22.9 Å². The first-order valence-corrected chi connectivity index (χ1v) is 7.83. The maximum Gasteiger partial charge on any atom is 0.230 e. The summed E-state index contributed by atoms with van der Waals surface area (Å²) in [5.74, 6) is -0.0874. The zero-order chi connectivity index (χ0) is 15.4. The van der Waals surface area contributed by atoms with Gasteiger partial charge in [0.05, 0.1) is 5.69 Å². The van der Waals surface area contributed by atoms with E-state index in [4.69, 9.17) is 0 Å². The number of rotatable bonds is 5. The molecule has 4 nitrogen and oxygen atoms in total. The van der Waals surface area contributed by atoms with Crippen LogP contribution in [0.5, 0.6) is 0 Å². The van der Waals surface area contributed by atoms with Crippen LogP contribution in [-0.4, -0.2) is 24.5 Å². The number of nitrogens with zero attached hydrogens (tertiary/aromatic N) is 1. The lowest BCUT2D eigenvalue weighted by Crippen LogP contribution is -2.28. The molecule has 1 aromatic carbocycles. The van der Waals surface area contributed by atoms with Crippen LogP contribution in [0.4, 0.5) is 5.13 Å². The van der Waals surface area contributed by atoms with E-state index in [0.29, 0.717) is 11.7 Å². The molecule has 1 unspecified atom stereocenters. The van der Waals surface area contributed by atoms with Gasteiger partial charge in [-0.05, 0) is 20.9 Å². The first-order chi connectivity index (χ1) is 10.0. The van der Waals surface area contributed by atoms with Crippen LogP contribution in [0, 0.1) is 19.8 Å². The van der Waals surface area contributed by atoms with E-state index < -0.39 is 0 Å². The number of benzene rings is 1. The van der Waals surface area contributed by atoms with Crippen molar-refractivity contribution in [2.45, 2.75) is 20.8 Å². The van der Waals surface area contributed by atoms with Gasteiger partial charge in [-0.1, -0.05) is 36.8 Å². The van der Waals surface area contributed by atoms with Crippen molar-refractivity contribution in [2.75, 3.05) is 18.9 Å². The van der Waals surface area contributed by atoms with Gasteiger partial charge in [0.2, 0.25) is 5.91 Å². The summed E-state index contributed by atoms with van der Waals surface area (Å²) in [4.78, 5) is 17.7. The minimum absolute atomic E-state index is 0.00597. The molecule has 1 heterocycles. The summed E-state index contributed by atoms with van der Waals surface area (Å²) >= 11 is 1.51. The molecule has 5 heteroatoms. The highest BCUT2D eigenvalue weighted by Crippen LogP contribution is 2.30. The molecule has 0 fully saturated rings. The molecule has 1 amide bonds. The number of aryl methyl sites for hydroxylation is 2. The smallest absolute Gasteiger partial charge is 0.230 e. The van der Waals surface area contributed by atoms with Crippen LogP contribution in [0.1, 0.15) is 17.4 Å². The fourth-order valence-electron chi connectivity index (χ4n) is 2.06. The second-order valence-corrected chi connectivity index (χ2v) is 6.44. The fraction of sp³-hybridized carbons (Fsp3) is 0.375. The Hall–Kier alpha value is -1.72. The number of nitrogens with one attached hydrogen (secondary N) is 2. The maximum atomic E-state index is 12.0. The van der Waals surface area contributed by atoms with Gasteiger partial charge >= 0.3 is 0 Å². The molecule has 0 aliphatic carbocycles. The molecule has 0 bridgehead atoms. The van der Waals surface area contributed by atoms with Crippen molar-refractivity contribution in [2.24, 2.45) is 5.92 Å².